The maximum Gasteiger partial charge on any atom is 0.184 e. The molecule has 1 heterocycles. The highest BCUT2D eigenvalue weighted by Gasteiger charge is 2.03. The quantitative estimate of drug-likeness (QED) is 0.735. The van der Waals surface area contributed by atoms with E-state index in [1.165, 1.54) is 0 Å². The highest BCUT2D eigenvalue weighted by molar-refractivity contribution is 9.13. The Morgan fingerprint density at radius 2 is 2.33 bits per heavy atom. The lowest BCUT2D eigenvalue weighted by atomic mass is 10.3. The predicted octanol–water partition coefficient (Wildman–Crippen LogP) is 4.45. The summed E-state index contributed by atoms with van der Waals surface area (Å²) in [7, 11) is 0. The first kappa shape index (κ1) is 10.4. The van der Waals surface area contributed by atoms with Crippen LogP contribution in [0.1, 0.15) is 12.7 Å². The topological polar surface area (TPSA) is 13.1 Å². The molecule has 0 saturated carbocycles. The summed E-state index contributed by atoms with van der Waals surface area (Å²) >= 11 is 12.2. The highest BCUT2D eigenvalue weighted by atomic mass is 79.9. The summed E-state index contributed by atoms with van der Waals surface area (Å²) in [5.74, 6) is 1.32. The van der Waals surface area contributed by atoms with Crippen LogP contribution in [-0.2, 0) is 0 Å². The van der Waals surface area contributed by atoms with Crippen LogP contribution in [-0.4, -0.2) is 5.88 Å². The van der Waals surface area contributed by atoms with Gasteiger partial charge in [0.15, 0.2) is 4.67 Å². The molecule has 66 valence electrons. The molecular formula is C8H7Br2ClO. The largest absolute Gasteiger partial charge is 0.449 e. The number of alkyl halides is 1. The van der Waals surface area contributed by atoms with Gasteiger partial charge in [-0.15, -0.1) is 11.6 Å². The molecule has 12 heavy (non-hydrogen) atoms. The lowest BCUT2D eigenvalue weighted by molar-refractivity contribution is 0.529. The third-order valence-corrected chi connectivity index (χ3v) is 3.40. The van der Waals surface area contributed by atoms with E-state index in [-0.39, 0.29) is 0 Å². The zero-order chi connectivity index (χ0) is 9.14. The van der Waals surface area contributed by atoms with Gasteiger partial charge in [-0.2, -0.15) is 0 Å². The third kappa shape index (κ3) is 2.64. The highest BCUT2D eigenvalue weighted by Crippen LogP contribution is 2.27. The number of hydrogen-bond acceptors (Lipinski definition) is 1. The smallest absolute Gasteiger partial charge is 0.184 e. The maximum absolute atomic E-state index is 5.62. The third-order valence-electron chi connectivity index (χ3n) is 1.26. The number of allylic oxidation sites excluding steroid dienone is 1. The Morgan fingerprint density at radius 3 is 2.75 bits per heavy atom. The van der Waals surface area contributed by atoms with Gasteiger partial charge in [-0.3, -0.25) is 0 Å². The van der Waals surface area contributed by atoms with Crippen LogP contribution in [0.15, 0.2) is 25.2 Å². The molecule has 1 nitrogen and oxygen atoms in total. The van der Waals surface area contributed by atoms with E-state index in [2.05, 4.69) is 31.9 Å². The Labute approximate surface area is 93.0 Å². The van der Waals surface area contributed by atoms with Crippen LogP contribution in [0.4, 0.5) is 0 Å². The van der Waals surface area contributed by atoms with Gasteiger partial charge >= 0.3 is 0 Å². The Bertz CT molecular complexity index is 285. The van der Waals surface area contributed by atoms with Crippen molar-refractivity contribution in [1.82, 2.24) is 0 Å². The SMILES string of the molecule is CC(=Cc1cc(Br)c(Br)o1)CCl. The summed E-state index contributed by atoms with van der Waals surface area (Å²) in [4.78, 5) is 0. The van der Waals surface area contributed by atoms with Crippen molar-refractivity contribution >= 4 is 49.5 Å². The van der Waals surface area contributed by atoms with Crippen LogP contribution < -0.4 is 0 Å². The number of furan rings is 1. The monoisotopic (exact) mass is 312 g/mol. The standard InChI is InChI=1S/C8H7Br2ClO/c1-5(4-11)2-6-3-7(9)8(10)12-6/h2-3H,4H2,1H3. The Hall–Kier alpha value is 0.270. The molecule has 0 atom stereocenters. The molecule has 4 heteroatoms. The van der Waals surface area contributed by atoms with Gasteiger partial charge in [0.2, 0.25) is 0 Å². The first-order valence-corrected chi connectivity index (χ1v) is 5.43. The van der Waals surface area contributed by atoms with Crippen LogP contribution in [0.25, 0.3) is 6.08 Å². The normalized spacial score (nSPS) is 12.2. The predicted molar refractivity (Wildman–Crippen MR) is 58.5 cm³/mol. The first-order chi connectivity index (χ1) is 5.63. The van der Waals surface area contributed by atoms with Crippen LogP contribution in [0.5, 0.6) is 0 Å². The molecule has 1 rings (SSSR count). The molecule has 0 aliphatic rings. The first-order valence-electron chi connectivity index (χ1n) is 3.31. The summed E-state index contributed by atoms with van der Waals surface area (Å²) in [5, 5.41) is 0. The molecule has 1 aromatic rings. The van der Waals surface area contributed by atoms with Crippen molar-refractivity contribution in [1.29, 1.82) is 0 Å². The van der Waals surface area contributed by atoms with E-state index < -0.39 is 0 Å². The van der Waals surface area contributed by atoms with Crippen molar-refractivity contribution in [3.8, 4) is 0 Å². The molecule has 0 aliphatic heterocycles. The van der Waals surface area contributed by atoms with E-state index in [1.807, 2.05) is 19.1 Å². The van der Waals surface area contributed by atoms with Crippen molar-refractivity contribution in [3.63, 3.8) is 0 Å². The number of hydrogen-bond donors (Lipinski definition) is 0. The average molecular weight is 314 g/mol. The molecule has 0 aliphatic carbocycles. The number of rotatable bonds is 2. The van der Waals surface area contributed by atoms with E-state index in [4.69, 9.17) is 16.0 Å². The average Bonchev–Trinajstić information content (AvgIpc) is 2.31. The molecule has 0 unspecified atom stereocenters. The van der Waals surface area contributed by atoms with Gasteiger partial charge in [0, 0.05) is 5.88 Å². The van der Waals surface area contributed by atoms with E-state index >= 15 is 0 Å². The second-order valence-corrected chi connectivity index (χ2v) is 4.24. The van der Waals surface area contributed by atoms with Gasteiger partial charge in [0.05, 0.1) is 4.47 Å². The maximum atomic E-state index is 5.62. The van der Waals surface area contributed by atoms with Crippen LogP contribution in [0.2, 0.25) is 0 Å². The lowest BCUT2D eigenvalue weighted by Gasteiger charge is -1.89. The zero-order valence-electron chi connectivity index (χ0n) is 6.40. The second-order valence-electron chi connectivity index (χ2n) is 2.39. The molecule has 0 amide bonds. The van der Waals surface area contributed by atoms with Crippen molar-refractivity contribution in [3.05, 3.63) is 26.5 Å². The lowest BCUT2D eigenvalue weighted by Crippen LogP contribution is -1.74. The zero-order valence-corrected chi connectivity index (χ0v) is 10.3. The summed E-state index contributed by atoms with van der Waals surface area (Å²) in [6, 6.07) is 1.89. The fourth-order valence-electron chi connectivity index (χ4n) is 0.716. The summed E-state index contributed by atoms with van der Waals surface area (Å²) in [5.41, 5.74) is 1.07. The van der Waals surface area contributed by atoms with Crippen LogP contribution in [0, 0.1) is 0 Å². The van der Waals surface area contributed by atoms with Crippen LogP contribution >= 0.6 is 43.5 Å². The van der Waals surface area contributed by atoms with Crippen LogP contribution in [0.3, 0.4) is 0 Å². The molecule has 0 N–H and O–H groups in total. The fourth-order valence-corrected chi connectivity index (χ4v) is 1.40. The summed E-state index contributed by atoms with van der Waals surface area (Å²) in [6.07, 6.45) is 1.91. The molecule has 0 saturated heterocycles. The van der Waals surface area contributed by atoms with Crippen molar-refractivity contribution in [2.24, 2.45) is 0 Å². The minimum atomic E-state index is 0.524. The second kappa shape index (κ2) is 4.49. The van der Waals surface area contributed by atoms with E-state index in [9.17, 15) is 0 Å². The minimum Gasteiger partial charge on any atom is -0.449 e. The molecule has 0 radical (unpaired) electrons. The molecular weight excluding hydrogens is 307 g/mol. The van der Waals surface area contributed by atoms with Gasteiger partial charge < -0.3 is 4.42 Å². The number of halogens is 3. The summed E-state index contributed by atoms with van der Waals surface area (Å²) < 4.78 is 6.94. The summed E-state index contributed by atoms with van der Waals surface area (Å²) in [6.45, 7) is 1.96. The Morgan fingerprint density at radius 1 is 1.67 bits per heavy atom. The minimum absolute atomic E-state index is 0.524. The van der Waals surface area contributed by atoms with E-state index in [0.29, 0.717) is 10.5 Å². The Balaban J connectivity index is 2.90. The van der Waals surface area contributed by atoms with Gasteiger partial charge in [0.1, 0.15) is 5.76 Å². The van der Waals surface area contributed by atoms with Gasteiger partial charge in [-0.1, -0.05) is 5.57 Å². The van der Waals surface area contributed by atoms with Gasteiger partial charge in [-0.05, 0) is 50.9 Å². The van der Waals surface area contributed by atoms with Crippen molar-refractivity contribution in [2.75, 3.05) is 5.88 Å². The fraction of sp³-hybridized carbons (Fsp3) is 0.250. The molecule has 0 fully saturated rings. The van der Waals surface area contributed by atoms with Crippen molar-refractivity contribution in [2.45, 2.75) is 6.92 Å². The van der Waals surface area contributed by atoms with E-state index in [1.54, 1.807) is 0 Å². The van der Waals surface area contributed by atoms with Gasteiger partial charge in [0.25, 0.3) is 0 Å². The molecule has 0 bridgehead atoms. The molecule has 0 spiro atoms. The van der Waals surface area contributed by atoms with Crippen molar-refractivity contribution < 1.29 is 4.42 Å². The Kier molecular flexibility index (Phi) is 3.87. The van der Waals surface area contributed by atoms with Gasteiger partial charge in [-0.25, -0.2) is 0 Å². The molecule has 0 aromatic carbocycles. The molecule has 1 aromatic heterocycles. The van der Waals surface area contributed by atoms with E-state index in [0.717, 1.165) is 15.8 Å².